The van der Waals surface area contributed by atoms with Gasteiger partial charge in [-0.05, 0) is 62.1 Å². The summed E-state index contributed by atoms with van der Waals surface area (Å²) in [6.07, 6.45) is 4.71. The number of carbonyl (C=O) groups is 6. The molecule has 342 valence electrons. The van der Waals surface area contributed by atoms with Gasteiger partial charge in [-0.15, -0.1) is 0 Å². The summed E-state index contributed by atoms with van der Waals surface area (Å²) in [6, 6.07) is 2.94. The molecule has 0 bridgehead atoms. The van der Waals surface area contributed by atoms with E-state index in [1.165, 1.54) is 6.92 Å². The molecule has 1 aromatic heterocycles. The molecule has 0 aliphatic heterocycles. The van der Waals surface area contributed by atoms with E-state index in [-0.39, 0.29) is 11.8 Å². The molecular weight excluding hydrogens is 776 g/mol. The molecule has 0 amide bonds. The number of carboxylic acid groups (broad SMARTS) is 6. The Bertz CT molecular complexity index is 1470. The first-order valence-corrected chi connectivity index (χ1v) is 18.9. The van der Waals surface area contributed by atoms with Gasteiger partial charge in [0, 0.05) is 23.5 Å². The Balaban J connectivity index is -0.000000314. The molecule has 0 fully saturated rings. The number of aromatic amines is 1. The Hall–Kier alpha value is -4.74. The third kappa shape index (κ3) is 31.9. The number of aliphatic hydroxyl groups is 1. The molecule has 0 radical (unpaired) electrons. The fraction of sp³-hybridized carbons (Fsp3) is 0.632. The predicted octanol–water partition coefficient (Wildman–Crippen LogP) is 0.372. The molecule has 0 aliphatic rings. The zero-order valence-corrected chi connectivity index (χ0v) is 35.2. The minimum Gasteiger partial charge on any atom is -0.480 e. The Morgan fingerprint density at radius 1 is 0.627 bits per heavy atom. The minimum atomic E-state index is -1.18. The molecule has 0 spiro atoms. The van der Waals surface area contributed by atoms with Crippen molar-refractivity contribution in [3.8, 4) is 0 Å². The van der Waals surface area contributed by atoms with Crippen LogP contribution in [0.15, 0.2) is 30.5 Å². The first kappa shape index (κ1) is 60.9. The van der Waals surface area contributed by atoms with E-state index in [1.54, 1.807) is 13.8 Å². The molecule has 21 heteroatoms. The lowest BCUT2D eigenvalue weighted by Gasteiger charge is -2.11. The zero-order valence-electron chi connectivity index (χ0n) is 35.2. The standard InChI is InChI=1S/C11H12N2O2.C6H14N2O2.2C6H13NO2.C5H11NO2.C4H9NO3/c12-9(11(14)15)5-7-6-13-10-4-2-1-3-8(7)10;7-4-2-1-3-5(8)6(9)10;1-4(2)3-5(7)6(8)9;1-3-4(2)5(7)6(8)9;1-3(2)4(6)5(7)8;1-2(6)3(5)4(7)8/h1-4,6,9,13H,5,12H2,(H,14,15);5H,1-4,7-8H2,(H,9,10);2*4-5H,3,7H2,1-2H3,(H,8,9);3-4H,6H2,1-2H3,(H,7,8);2-3,6H,5H2,1H3,(H,7,8). The molecule has 21 nitrogen and oxygen atoms in total. The number of benzene rings is 1. The topological polar surface area (TPSA) is 442 Å². The van der Waals surface area contributed by atoms with Crippen LogP contribution in [0.3, 0.4) is 0 Å². The van der Waals surface area contributed by atoms with Crippen LogP contribution >= 0.6 is 0 Å². The highest BCUT2D eigenvalue weighted by atomic mass is 16.4. The third-order valence-electron chi connectivity index (χ3n) is 8.11. The van der Waals surface area contributed by atoms with Crippen LogP contribution in [0.4, 0.5) is 0 Å². The molecule has 1 heterocycles. The van der Waals surface area contributed by atoms with Gasteiger partial charge in [0.2, 0.25) is 0 Å². The fourth-order valence-corrected chi connectivity index (χ4v) is 3.85. The summed E-state index contributed by atoms with van der Waals surface area (Å²) in [6.45, 7) is 13.1. The van der Waals surface area contributed by atoms with Gasteiger partial charge in [0.15, 0.2) is 0 Å². The van der Waals surface area contributed by atoms with E-state index in [1.807, 2.05) is 58.2 Å². The first-order valence-electron chi connectivity index (χ1n) is 18.9. The predicted molar refractivity (Wildman–Crippen MR) is 224 cm³/mol. The van der Waals surface area contributed by atoms with Crippen molar-refractivity contribution in [3.63, 3.8) is 0 Å². The van der Waals surface area contributed by atoms with E-state index >= 15 is 0 Å². The van der Waals surface area contributed by atoms with Crippen molar-refractivity contribution >= 4 is 46.7 Å². The SMILES string of the molecule is CC(C)C(N)C(=O)O.CC(C)CC(N)C(=O)O.CC(O)C(N)C(=O)O.CCC(C)C(N)C(=O)O.NC(Cc1c[nH]c2ccccc12)C(=O)O.NCCCCC(N)C(=O)O. The normalized spacial score (nSPS) is 14.4. The summed E-state index contributed by atoms with van der Waals surface area (Å²) >= 11 is 0. The number of fused-ring (bicyclic) bond motifs is 1. The van der Waals surface area contributed by atoms with Crippen LogP contribution in [0.2, 0.25) is 0 Å². The zero-order chi connectivity index (χ0) is 47.2. The van der Waals surface area contributed by atoms with E-state index in [2.05, 4.69) is 4.98 Å². The number of carboxylic acids is 6. The quantitative estimate of drug-likeness (QED) is 0.0901. The van der Waals surface area contributed by atoms with E-state index in [0.717, 1.165) is 35.7 Å². The summed E-state index contributed by atoms with van der Waals surface area (Å²) < 4.78 is 0. The van der Waals surface area contributed by atoms with Crippen molar-refractivity contribution in [2.45, 2.75) is 129 Å². The molecule has 2 aromatic rings. The maximum Gasteiger partial charge on any atom is 0.323 e. The second kappa shape index (κ2) is 34.2. The van der Waals surface area contributed by atoms with Gasteiger partial charge in [0.1, 0.15) is 36.3 Å². The molecular formula is C38H72N8O13. The summed E-state index contributed by atoms with van der Waals surface area (Å²) in [5.41, 5.74) is 38.4. The molecule has 8 unspecified atom stereocenters. The number of aliphatic carboxylic acids is 6. The number of hydrogen-bond donors (Lipinski definition) is 15. The van der Waals surface area contributed by atoms with Crippen LogP contribution in [-0.4, -0.2) is 125 Å². The average Bonchev–Trinajstić information content (AvgIpc) is 3.56. The largest absolute Gasteiger partial charge is 0.480 e. The summed E-state index contributed by atoms with van der Waals surface area (Å²) in [5, 5.41) is 59.5. The second-order valence-corrected chi connectivity index (χ2v) is 14.3. The monoisotopic (exact) mass is 849 g/mol. The third-order valence-corrected chi connectivity index (χ3v) is 8.11. The molecule has 2 rings (SSSR count). The van der Waals surface area contributed by atoms with E-state index in [4.69, 9.17) is 75.9 Å². The lowest BCUT2D eigenvalue weighted by molar-refractivity contribution is -0.141. The maximum atomic E-state index is 10.6. The van der Waals surface area contributed by atoms with Gasteiger partial charge < -0.3 is 80.9 Å². The van der Waals surface area contributed by atoms with Crippen molar-refractivity contribution in [1.82, 2.24) is 4.98 Å². The van der Waals surface area contributed by atoms with Gasteiger partial charge in [0.05, 0.1) is 6.10 Å². The Morgan fingerprint density at radius 3 is 1.37 bits per heavy atom. The number of para-hydroxylation sites is 1. The van der Waals surface area contributed by atoms with Gasteiger partial charge in [-0.1, -0.05) is 72.6 Å². The Labute approximate surface area is 345 Å². The number of hydrogen-bond acceptors (Lipinski definition) is 14. The second-order valence-electron chi connectivity index (χ2n) is 14.3. The number of H-pyrrole nitrogens is 1. The lowest BCUT2D eigenvalue weighted by Crippen LogP contribution is -2.39. The van der Waals surface area contributed by atoms with Crippen LogP contribution in [0.25, 0.3) is 10.9 Å². The average molecular weight is 849 g/mol. The van der Waals surface area contributed by atoms with Crippen molar-refractivity contribution in [3.05, 3.63) is 36.0 Å². The molecule has 0 aliphatic carbocycles. The van der Waals surface area contributed by atoms with Crippen LogP contribution in [0.1, 0.15) is 86.1 Å². The summed E-state index contributed by atoms with van der Waals surface area (Å²) in [7, 11) is 0. The number of rotatable bonds is 18. The summed E-state index contributed by atoms with van der Waals surface area (Å²) in [4.78, 5) is 64.0. The Morgan fingerprint density at radius 2 is 1.08 bits per heavy atom. The molecule has 1 aromatic carbocycles. The number of aromatic nitrogens is 1. The fourth-order valence-electron chi connectivity index (χ4n) is 3.85. The highest BCUT2D eigenvalue weighted by molar-refractivity contribution is 5.84. The van der Waals surface area contributed by atoms with Crippen LogP contribution in [-0.2, 0) is 35.2 Å². The molecule has 0 saturated carbocycles. The highest BCUT2D eigenvalue weighted by Gasteiger charge is 2.18. The van der Waals surface area contributed by atoms with Crippen LogP contribution < -0.4 is 40.1 Å². The van der Waals surface area contributed by atoms with Gasteiger partial charge in [-0.25, -0.2) is 0 Å². The van der Waals surface area contributed by atoms with Crippen molar-refractivity contribution in [2.75, 3.05) is 6.54 Å². The van der Waals surface area contributed by atoms with E-state index < -0.39 is 78.2 Å². The van der Waals surface area contributed by atoms with Crippen molar-refractivity contribution < 1.29 is 64.5 Å². The number of unbranched alkanes of at least 4 members (excludes halogenated alkanes) is 1. The maximum absolute atomic E-state index is 10.6. The highest BCUT2D eigenvalue weighted by Crippen LogP contribution is 2.18. The Kier molecular flexibility index (Phi) is 35.3. The number of nitrogens with two attached hydrogens (primary N) is 7. The molecule has 59 heavy (non-hydrogen) atoms. The summed E-state index contributed by atoms with van der Waals surface area (Å²) in [5.74, 6) is -5.39. The van der Waals surface area contributed by atoms with Gasteiger partial charge >= 0.3 is 35.8 Å². The van der Waals surface area contributed by atoms with E-state index in [9.17, 15) is 28.8 Å². The van der Waals surface area contributed by atoms with Crippen molar-refractivity contribution in [2.24, 2.45) is 57.9 Å². The van der Waals surface area contributed by atoms with Crippen LogP contribution in [0.5, 0.6) is 0 Å². The smallest absolute Gasteiger partial charge is 0.323 e. The lowest BCUT2D eigenvalue weighted by atomic mass is 10.0. The van der Waals surface area contributed by atoms with Crippen LogP contribution in [0, 0.1) is 17.8 Å². The first-order chi connectivity index (χ1) is 27.1. The molecule has 8 atom stereocenters. The van der Waals surface area contributed by atoms with Gasteiger partial charge in [0.25, 0.3) is 0 Å². The van der Waals surface area contributed by atoms with E-state index in [0.29, 0.717) is 31.7 Å². The minimum absolute atomic E-state index is 0.0208. The number of aliphatic hydroxyl groups excluding tert-OH is 1. The number of nitrogens with one attached hydrogen (secondary N) is 1. The van der Waals surface area contributed by atoms with Crippen molar-refractivity contribution in [1.29, 1.82) is 0 Å². The van der Waals surface area contributed by atoms with Gasteiger partial charge in [-0.2, -0.15) is 0 Å². The van der Waals surface area contributed by atoms with Gasteiger partial charge in [-0.3, -0.25) is 28.8 Å². The molecule has 22 N–H and O–H groups in total. The molecule has 0 saturated heterocycles.